The van der Waals surface area contributed by atoms with E-state index in [0.717, 1.165) is 24.2 Å². The van der Waals surface area contributed by atoms with Crippen LogP contribution in [0.25, 0.3) is 0 Å². The van der Waals surface area contributed by atoms with Crippen molar-refractivity contribution in [3.63, 3.8) is 0 Å². The van der Waals surface area contributed by atoms with Crippen molar-refractivity contribution in [1.29, 1.82) is 0 Å². The summed E-state index contributed by atoms with van der Waals surface area (Å²) in [4.78, 5) is 0. The molecule has 1 saturated carbocycles. The minimum Gasteiger partial charge on any atom is -0.494 e. The lowest BCUT2D eigenvalue weighted by Crippen LogP contribution is -2.14. The molecular weight excluding hydrogens is 196 g/mol. The van der Waals surface area contributed by atoms with Gasteiger partial charge in [0, 0.05) is 0 Å². The van der Waals surface area contributed by atoms with Crippen molar-refractivity contribution < 1.29 is 4.74 Å². The van der Waals surface area contributed by atoms with Gasteiger partial charge in [0.15, 0.2) is 0 Å². The number of rotatable bonds is 4. The van der Waals surface area contributed by atoms with Gasteiger partial charge in [0.1, 0.15) is 5.75 Å². The molecule has 0 bridgehead atoms. The molecule has 1 aromatic carbocycles. The van der Waals surface area contributed by atoms with Crippen molar-refractivity contribution in [3.8, 4) is 5.75 Å². The molecule has 2 rings (SSSR count). The Hall–Kier alpha value is -0.980. The highest BCUT2D eigenvalue weighted by molar-refractivity contribution is 5.20. The fraction of sp³-hybridized carbons (Fsp3) is 0.600. The molecule has 0 unspecified atom stereocenters. The molecule has 0 aliphatic heterocycles. The minimum atomic E-state index is 0.878. The highest BCUT2D eigenvalue weighted by atomic mass is 16.5. The van der Waals surface area contributed by atoms with E-state index in [0.29, 0.717) is 0 Å². The number of benzene rings is 1. The van der Waals surface area contributed by atoms with E-state index in [1.807, 2.05) is 30.3 Å². The molecule has 0 heterocycles. The van der Waals surface area contributed by atoms with Gasteiger partial charge >= 0.3 is 0 Å². The Kier molecular flexibility index (Phi) is 4.26. The maximum atomic E-state index is 5.74. The Morgan fingerprint density at radius 2 is 1.75 bits per heavy atom. The van der Waals surface area contributed by atoms with Crippen LogP contribution in [0, 0.1) is 11.8 Å². The van der Waals surface area contributed by atoms with Crippen LogP contribution in [0.2, 0.25) is 0 Å². The molecule has 1 aromatic rings. The molecule has 1 aliphatic carbocycles. The van der Waals surface area contributed by atoms with Crippen molar-refractivity contribution in [2.75, 3.05) is 6.61 Å². The van der Waals surface area contributed by atoms with Gasteiger partial charge in [-0.1, -0.05) is 50.8 Å². The Balaban J connectivity index is 1.65. The van der Waals surface area contributed by atoms with Gasteiger partial charge in [-0.15, -0.1) is 0 Å². The summed E-state index contributed by atoms with van der Waals surface area (Å²) in [5.74, 6) is 2.86. The molecule has 0 N–H and O–H groups in total. The summed E-state index contributed by atoms with van der Waals surface area (Å²) in [6, 6.07) is 10.1. The van der Waals surface area contributed by atoms with Crippen LogP contribution in [-0.4, -0.2) is 6.61 Å². The third-order valence-electron chi connectivity index (χ3n) is 3.67. The Morgan fingerprint density at radius 1 is 1.06 bits per heavy atom. The normalized spacial score (nSPS) is 25.3. The molecule has 0 spiro atoms. The van der Waals surface area contributed by atoms with E-state index in [9.17, 15) is 0 Å². The van der Waals surface area contributed by atoms with Crippen molar-refractivity contribution in [2.45, 2.75) is 39.0 Å². The number of ether oxygens (including phenoxy) is 1. The average Bonchev–Trinajstić information content (AvgIpc) is 2.33. The second-order valence-corrected chi connectivity index (χ2v) is 5.08. The van der Waals surface area contributed by atoms with Gasteiger partial charge in [-0.2, -0.15) is 0 Å². The monoisotopic (exact) mass is 218 g/mol. The summed E-state index contributed by atoms with van der Waals surface area (Å²) >= 11 is 0. The molecule has 1 aliphatic rings. The summed E-state index contributed by atoms with van der Waals surface area (Å²) in [7, 11) is 0. The van der Waals surface area contributed by atoms with Gasteiger partial charge in [0.2, 0.25) is 0 Å². The van der Waals surface area contributed by atoms with Gasteiger partial charge in [-0.25, -0.2) is 0 Å². The second kappa shape index (κ2) is 5.93. The second-order valence-electron chi connectivity index (χ2n) is 5.08. The number of para-hydroxylation sites is 1. The lowest BCUT2D eigenvalue weighted by Gasteiger charge is -2.25. The lowest BCUT2D eigenvalue weighted by atomic mass is 9.82. The molecule has 16 heavy (non-hydrogen) atoms. The third-order valence-corrected chi connectivity index (χ3v) is 3.67. The summed E-state index contributed by atoms with van der Waals surface area (Å²) in [6.45, 7) is 3.25. The maximum absolute atomic E-state index is 5.74. The van der Waals surface area contributed by atoms with E-state index in [1.165, 1.54) is 32.1 Å². The van der Waals surface area contributed by atoms with E-state index >= 15 is 0 Å². The van der Waals surface area contributed by atoms with E-state index in [2.05, 4.69) is 6.92 Å². The van der Waals surface area contributed by atoms with Crippen molar-refractivity contribution >= 4 is 0 Å². The first kappa shape index (κ1) is 11.5. The molecule has 0 atom stereocenters. The van der Waals surface area contributed by atoms with E-state index in [-0.39, 0.29) is 0 Å². The number of hydrogen-bond donors (Lipinski definition) is 0. The SMILES string of the molecule is CC1CCC(CCOc2ccccc2)CC1. The zero-order valence-electron chi connectivity index (χ0n) is 10.2. The maximum Gasteiger partial charge on any atom is 0.119 e. The predicted octanol–water partition coefficient (Wildman–Crippen LogP) is 4.28. The van der Waals surface area contributed by atoms with Gasteiger partial charge in [0.25, 0.3) is 0 Å². The first-order valence-corrected chi connectivity index (χ1v) is 6.52. The minimum absolute atomic E-state index is 0.878. The molecule has 1 fully saturated rings. The van der Waals surface area contributed by atoms with Crippen LogP contribution >= 0.6 is 0 Å². The Morgan fingerprint density at radius 3 is 2.44 bits per heavy atom. The topological polar surface area (TPSA) is 9.23 Å². The largest absolute Gasteiger partial charge is 0.494 e. The first-order valence-electron chi connectivity index (χ1n) is 6.52. The van der Waals surface area contributed by atoms with E-state index < -0.39 is 0 Å². The van der Waals surface area contributed by atoms with Crippen LogP contribution in [-0.2, 0) is 0 Å². The van der Waals surface area contributed by atoms with Crippen LogP contribution < -0.4 is 4.74 Å². The zero-order valence-corrected chi connectivity index (χ0v) is 10.2. The van der Waals surface area contributed by atoms with Crippen LogP contribution in [0.4, 0.5) is 0 Å². The van der Waals surface area contributed by atoms with E-state index in [4.69, 9.17) is 4.74 Å². The molecule has 1 heteroatoms. The molecule has 88 valence electrons. The highest BCUT2D eigenvalue weighted by Crippen LogP contribution is 2.30. The molecule has 0 amide bonds. The number of hydrogen-bond acceptors (Lipinski definition) is 1. The molecule has 0 saturated heterocycles. The fourth-order valence-corrected chi connectivity index (χ4v) is 2.48. The lowest BCUT2D eigenvalue weighted by molar-refractivity contribution is 0.223. The summed E-state index contributed by atoms with van der Waals surface area (Å²) < 4.78 is 5.74. The first-order chi connectivity index (χ1) is 7.84. The van der Waals surface area contributed by atoms with Crippen molar-refractivity contribution in [2.24, 2.45) is 11.8 Å². The van der Waals surface area contributed by atoms with Gasteiger partial charge in [-0.3, -0.25) is 0 Å². The zero-order chi connectivity index (χ0) is 11.2. The summed E-state index contributed by atoms with van der Waals surface area (Å²) in [5, 5.41) is 0. The fourth-order valence-electron chi connectivity index (χ4n) is 2.48. The molecule has 0 aromatic heterocycles. The van der Waals surface area contributed by atoms with Crippen molar-refractivity contribution in [1.82, 2.24) is 0 Å². The summed E-state index contributed by atoms with van der Waals surface area (Å²) in [5.41, 5.74) is 0. The predicted molar refractivity (Wildman–Crippen MR) is 67.7 cm³/mol. The van der Waals surface area contributed by atoms with Crippen LogP contribution in [0.5, 0.6) is 5.75 Å². The molecular formula is C15H22O. The molecule has 0 radical (unpaired) electrons. The quantitative estimate of drug-likeness (QED) is 0.733. The molecule has 1 nitrogen and oxygen atoms in total. The van der Waals surface area contributed by atoms with Crippen molar-refractivity contribution in [3.05, 3.63) is 30.3 Å². The smallest absolute Gasteiger partial charge is 0.119 e. The third kappa shape index (κ3) is 3.55. The Bertz CT molecular complexity index is 286. The van der Waals surface area contributed by atoms with Gasteiger partial charge < -0.3 is 4.74 Å². The van der Waals surface area contributed by atoms with Crippen LogP contribution in [0.15, 0.2) is 30.3 Å². The standard InChI is InChI=1S/C15H22O/c1-13-7-9-14(10-8-13)11-12-16-15-5-3-2-4-6-15/h2-6,13-14H,7-12H2,1H3. The van der Waals surface area contributed by atoms with Gasteiger partial charge in [-0.05, 0) is 30.4 Å². The van der Waals surface area contributed by atoms with Crippen LogP contribution in [0.1, 0.15) is 39.0 Å². The summed E-state index contributed by atoms with van der Waals surface area (Å²) in [6.07, 6.45) is 6.85. The van der Waals surface area contributed by atoms with Gasteiger partial charge in [0.05, 0.1) is 6.61 Å². The Labute approximate surface area is 98.8 Å². The average molecular weight is 218 g/mol. The van der Waals surface area contributed by atoms with Crippen LogP contribution in [0.3, 0.4) is 0 Å². The van der Waals surface area contributed by atoms with E-state index in [1.54, 1.807) is 0 Å². The highest BCUT2D eigenvalue weighted by Gasteiger charge is 2.17.